The van der Waals surface area contributed by atoms with Gasteiger partial charge in [-0.1, -0.05) is 0 Å². The fraction of sp³-hybridized carbons (Fsp3) is 0.500. The number of nitrogens with two attached hydrogens (primary N) is 2. The first-order chi connectivity index (χ1) is 9.13. The van der Waals surface area contributed by atoms with E-state index in [-0.39, 0.29) is 6.61 Å². The molecule has 1 aromatic rings. The predicted molar refractivity (Wildman–Crippen MR) is 75.0 cm³/mol. The highest BCUT2D eigenvalue weighted by atomic mass is 16.5. The predicted octanol–water partition coefficient (Wildman–Crippen LogP) is 1.23. The zero-order valence-electron chi connectivity index (χ0n) is 11.0. The van der Waals surface area contributed by atoms with E-state index in [9.17, 15) is 4.79 Å². The topological polar surface area (TPSA) is 90.4 Å². The van der Waals surface area contributed by atoms with Crippen molar-refractivity contribution >= 4 is 11.6 Å². The van der Waals surface area contributed by atoms with Crippen LogP contribution in [0.4, 0.5) is 5.69 Å². The van der Waals surface area contributed by atoms with Crippen LogP contribution in [0, 0.1) is 0 Å². The van der Waals surface area contributed by atoms with E-state index in [1.807, 2.05) is 24.3 Å². The molecule has 1 aliphatic carbocycles. The highest BCUT2D eigenvalue weighted by molar-refractivity contribution is 5.75. The monoisotopic (exact) mass is 263 g/mol. The number of hydrogen-bond donors (Lipinski definition) is 3. The van der Waals surface area contributed by atoms with Crippen molar-refractivity contribution < 1.29 is 9.53 Å². The first-order valence-electron chi connectivity index (χ1n) is 6.67. The molecule has 2 rings (SSSR count). The third-order valence-electron chi connectivity index (χ3n) is 3.38. The first-order valence-corrected chi connectivity index (χ1v) is 6.67. The van der Waals surface area contributed by atoms with Gasteiger partial charge in [0.2, 0.25) is 0 Å². The van der Waals surface area contributed by atoms with Gasteiger partial charge in [-0.3, -0.25) is 4.79 Å². The lowest BCUT2D eigenvalue weighted by Crippen LogP contribution is -2.32. The van der Waals surface area contributed by atoms with E-state index in [0.717, 1.165) is 31.4 Å². The van der Waals surface area contributed by atoms with E-state index >= 15 is 0 Å². The van der Waals surface area contributed by atoms with Crippen LogP contribution in [0.25, 0.3) is 0 Å². The number of hydrogen-bond acceptors (Lipinski definition) is 4. The second kappa shape index (κ2) is 6.43. The number of ether oxygens (including phenoxy) is 1. The lowest BCUT2D eigenvalue weighted by Gasteiger charge is -2.27. The van der Waals surface area contributed by atoms with Crippen molar-refractivity contribution in [1.29, 1.82) is 0 Å². The molecule has 5 N–H and O–H groups in total. The smallest absolute Gasteiger partial charge is 0.255 e. The minimum absolute atomic E-state index is 0.0900. The first kappa shape index (κ1) is 13.7. The molecule has 104 valence electrons. The van der Waals surface area contributed by atoms with Crippen LogP contribution in [0.1, 0.15) is 25.7 Å². The van der Waals surface area contributed by atoms with E-state index < -0.39 is 5.91 Å². The average molecular weight is 263 g/mol. The Morgan fingerprint density at radius 1 is 1.21 bits per heavy atom. The number of amides is 1. The summed E-state index contributed by atoms with van der Waals surface area (Å²) in [6, 6.07) is 8.43. The van der Waals surface area contributed by atoms with Crippen LogP contribution in [0.3, 0.4) is 0 Å². The van der Waals surface area contributed by atoms with Crippen LogP contribution in [0.15, 0.2) is 24.3 Å². The van der Waals surface area contributed by atoms with Gasteiger partial charge in [0.15, 0.2) is 6.61 Å². The van der Waals surface area contributed by atoms with Gasteiger partial charge in [0, 0.05) is 17.8 Å². The van der Waals surface area contributed by atoms with Gasteiger partial charge in [-0.25, -0.2) is 0 Å². The lowest BCUT2D eigenvalue weighted by atomic mass is 9.92. The molecule has 0 unspecified atom stereocenters. The van der Waals surface area contributed by atoms with Crippen LogP contribution >= 0.6 is 0 Å². The van der Waals surface area contributed by atoms with Gasteiger partial charge in [-0.05, 0) is 49.9 Å². The van der Waals surface area contributed by atoms with Crippen molar-refractivity contribution in [3.63, 3.8) is 0 Å². The zero-order valence-corrected chi connectivity index (χ0v) is 11.0. The van der Waals surface area contributed by atoms with Crippen molar-refractivity contribution in [1.82, 2.24) is 0 Å². The number of rotatable bonds is 5. The number of nitrogens with one attached hydrogen (secondary N) is 1. The van der Waals surface area contributed by atoms with Gasteiger partial charge in [0.1, 0.15) is 5.75 Å². The Morgan fingerprint density at radius 3 is 2.42 bits per heavy atom. The Kier molecular flexibility index (Phi) is 4.63. The zero-order chi connectivity index (χ0) is 13.7. The Morgan fingerprint density at radius 2 is 1.84 bits per heavy atom. The van der Waals surface area contributed by atoms with Crippen LogP contribution < -0.4 is 21.5 Å². The molecule has 1 aromatic carbocycles. The number of benzene rings is 1. The molecule has 0 aromatic heterocycles. The fourth-order valence-electron chi connectivity index (χ4n) is 2.30. The molecular weight excluding hydrogens is 242 g/mol. The number of primary amides is 1. The van der Waals surface area contributed by atoms with Gasteiger partial charge in [0.05, 0.1) is 0 Å². The second-order valence-electron chi connectivity index (χ2n) is 5.04. The van der Waals surface area contributed by atoms with E-state index in [0.29, 0.717) is 17.8 Å². The van der Waals surface area contributed by atoms with E-state index in [4.69, 9.17) is 16.2 Å². The summed E-state index contributed by atoms with van der Waals surface area (Å²) in [7, 11) is 0. The molecule has 1 amide bonds. The van der Waals surface area contributed by atoms with Crippen LogP contribution in [-0.4, -0.2) is 24.6 Å². The van der Waals surface area contributed by atoms with Crippen LogP contribution in [0.5, 0.6) is 5.75 Å². The maximum atomic E-state index is 10.6. The quantitative estimate of drug-likeness (QED) is 0.745. The van der Waals surface area contributed by atoms with Gasteiger partial charge in [0.25, 0.3) is 5.91 Å². The largest absolute Gasteiger partial charge is 0.484 e. The summed E-state index contributed by atoms with van der Waals surface area (Å²) in [6.07, 6.45) is 4.39. The molecule has 5 nitrogen and oxygen atoms in total. The van der Waals surface area contributed by atoms with Crippen molar-refractivity contribution in [3.05, 3.63) is 24.3 Å². The van der Waals surface area contributed by atoms with Crippen molar-refractivity contribution in [3.8, 4) is 5.75 Å². The number of anilines is 1. The molecule has 1 saturated carbocycles. The lowest BCUT2D eigenvalue weighted by molar-refractivity contribution is -0.119. The summed E-state index contributed by atoms with van der Waals surface area (Å²) in [5.74, 6) is 0.177. The Hall–Kier alpha value is -1.75. The molecule has 0 saturated heterocycles. The van der Waals surface area contributed by atoms with Gasteiger partial charge < -0.3 is 21.5 Å². The minimum Gasteiger partial charge on any atom is -0.484 e. The third-order valence-corrected chi connectivity index (χ3v) is 3.38. The van der Waals surface area contributed by atoms with Crippen molar-refractivity contribution in [2.75, 3.05) is 11.9 Å². The summed E-state index contributed by atoms with van der Waals surface area (Å²) in [4.78, 5) is 10.6. The second-order valence-corrected chi connectivity index (χ2v) is 5.04. The standard InChI is InChI=1S/C14H21N3O2/c15-10-1-3-11(4-2-10)17-12-5-7-13(8-6-12)19-9-14(16)18/h5-8,10-11,17H,1-4,9,15H2,(H2,16,18). The molecule has 1 aliphatic rings. The summed E-state index contributed by atoms with van der Waals surface area (Å²) < 4.78 is 5.21. The van der Waals surface area contributed by atoms with Crippen LogP contribution in [0.2, 0.25) is 0 Å². The average Bonchev–Trinajstić information content (AvgIpc) is 2.40. The number of carbonyl (C=O) groups excluding carboxylic acids is 1. The maximum absolute atomic E-state index is 10.6. The van der Waals surface area contributed by atoms with E-state index in [1.54, 1.807) is 0 Å². The molecular formula is C14H21N3O2. The molecule has 0 bridgehead atoms. The SMILES string of the molecule is NC(=O)COc1ccc(NC2CCC(N)CC2)cc1. The third kappa shape index (κ3) is 4.44. The normalized spacial score (nSPS) is 22.8. The molecule has 0 atom stereocenters. The molecule has 0 radical (unpaired) electrons. The minimum atomic E-state index is -0.472. The molecule has 1 fully saturated rings. The molecule has 0 heterocycles. The fourth-order valence-corrected chi connectivity index (χ4v) is 2.30. The Balaban J connectivity index is 1.83. The maximum Gasteiger partial charge on any atom is 0.255 e. The van der Waals surface area contributed by atoms with E-state index in [1.165, 1.54) is 0 Å². The summed E-state index contributed by atoms with van der Waals surface area (Å²) in [5.41, 5.74) is 12.0. The van der Waals surface area contributed by atoms with Gasteiger partial charge >= 0.3 is 0 Å². The molecule has 0 spiro atoms. The number of carbonyl (C=O) groups is 1. The highest BCUT2D eigenvalue weighted by Gasteiger charge is 2.17. The molecule has 5 heteroatoms. The van der Waals surface area contributed by atoms with Crippen molar-refractivity contribution in [2.45, 2.75) is 37.8 Å². The molecule has 0 aliphatic heterocycles. The molecule has 19 heavy (non-hydrogen) atoms. The summed E-state index contributed by atoms with van der Waals surface area (Å²) in [6.45, 7) is -0.0900. The summed E-state index contributed by atoms with van der Waals surface area (Å²) in [5, 5.41) is 3.49. The summed E-state index contributed by atoms with van der Waals surface area (Å²) >= 11 is 0. The highest BCUT2D eigenvalue weighted by Crippen LogP contribution is 2.22. The van der Waals surface area contributed by atoms with Crippen molar-refractivity contribution in [2.24, 2.45) is 11.5 Å². The Labute approximate surface area is 113 Å². The van der Waals surface area contributed by atoms with Gasteiger partial charge in [-0.2, -0.15) is 0 Å². The van der Waals surface area contributed by atoms with E-state index in [2.05, 4.69) is 5.32 Å². The Bertz CT molecular complexity index is 411. The van der Waals surface area contributed by atoms with Crippen LogP contribution in [-0.2, 0) is 4.79 Å². The van der Waals surface area contributed by atoms with Gasteiger partial charge in [-0.15, -0.1) is 0 Å².